The smallest absolute Gasteiger partial charge is 0.229 e. The summed E-state index contributed by atoms with van der Waals surface area (Å²) >= 11 is 0. The quantitative estimate of drug-likeness (QED) is 0.807. The summed E-state index contributed by atoms with van der Waals surface area (Å²) in [6, 6.07) is 4.20. The number of hydrogen-bond donors (Lipinski definition) is 1. The Kier molecular flexibility index (Phi) is 3.20. The number of rotatable bonds is 1. The maximum Gasteiger partial charge on any atom is 0.229 e. The Morgan fingerprint density at radius 2 is 1.82 bits per heavy atom. The van der Waals surface area contributed by atoms with Gasteiger partial charge < -0.3 is 10.0 Å². The van der Waals surface area contributed by atoms with Gasteiger partial charge in [-0.2, -0.15) is 0 Å². The van der Waals surface area contributed by atoms with Crippen molar-refractivity contribution in [3.8, 4) is 0 Å². The third kappa shape index (κ3) is 2.34. The van der Waals surface area contributed by atoms with Crippen LogP contribution in [0.25, 0.3) is 0 Å². The fraction of sp³-hybridized carbons (Fsp3) is 0.500. The number of anilines is 1. The minimum absolute atomic E-state index is 0.0267. The van der Waals surface area contributed by atoms with Gasteiger partial charge in [0.15, 0.2) is 0 Å². The lowest BCUT2D eigenvalue weighted by Crippen LogP contribution is -2.41. The molecule has 2 rings (SSSR count). The molecule has 3 nitrogen and oxygen atoms in total. The van der Waals surface area contributed by atoms with Crippen LogP contribution < -0.4 is 4.90 Å². The molecule has 0 aromatic heterocycles. The summed E-state index contributed by atoms with van der Waals surface area (Å²) < 4.78 is 0. The molecule has 1 atom stereocenters. The average molecular weight is 233 g/mol. The van der Waals surface area contributed by atoms with Crippen LogP contribution in [0.4, 0.5) is 5.69 Å². The van der Waals surface area contributed by atoms with Crippen molar-refractivity contribution in [3.05, 3.63) is 28.8 Å². The molecule has 0 aliphatic carbocycles. The van der Waals surface area contributed by atoms with Crippen molar-refractivity contribution >= 4 is 11.6 Å². The van der Waals surface area contributed by atoms with Gasteiger partial charge in [0.25, 0.3) is 0 Å². The third-order valence-electron chi connectivity index (χ3n) is 3.30. The molecule has 1 aliphatic heterocycles. The second kappa shape index (κ2) is 4.49. The predicted molar refractivity (Wildman–Crippen MR) is 68.2 cm³/mol. The SMILES string of the molecule is Cc1cc(C)c(N2CCC(O)CC2=O)c(C)c1. The van der Waals surface area contributed by atoms with Crippen molar-refractivity contribution in [2.24, 2.45) is 0 Å². The summed E-state index contributed by atoms with van der Waals surface area (Å²) in [5.74, 6) is 0.0267. The van der Waals surface area contributed by atoms with Gasteiger partial charge in [0.2, 0.25) is 5.91 Å². The minimum atomic E-state index is -0.468. The van der Waals surface area contributed by atoms with Crippen LogP contribution in [0, 0.1) is 20.8 Å². The maximum absolute atomic E-state index is 12.0. The lowest BCUT2D eigenvalue weighted by molar-refractivity contribution is -0.122. The summed E-state index contributed by atoms with van der Waals surface area (Å²) in [5, 5.41) is 9.48. The zero-order valence-electron chi connectivity index (χ0n) is 10.7. The van der Waals surface area contributed by atoms with Crippen LogP contribution in [0.5, 0.6) is 0 Å². The second-order valence-corrected chi connectivity index (χ2v) is 4.94. The number of carbonyl (C=O) groups excluding carboxylic acids is 1. The molecular weight excluding hydrogens is 214 g/mol. The molecule has 1 unspecified atom stereocenters. The molecule has 92 valence electrons. The summed E-state index contributed by atoms with van der Waals surface area (Å²) in [6.45, 7) is 6.75. The van der Waals surface area contributed by atoms with Gasteiger partial charge >= 0.3 is 0 Å². The van der Waals surface area contributed by atoms with E-state index in [1.165, 1.54) is 5.56 Å². The first-order valence-corrected chi connectivity index (χ1v) is 6.05. The first-order chi connectivity index (χ1) is 7.99. The van der Waals surface area contributed by atoms with E-state index in [1.54, 1.807) is 0 Å². The van der Waals surface area contributed by atoms with Gasteiger partial charge in [0, 0.05) is 12.2 Å². The molecule has 1 aromatic carbocycles. The van der Waals surface area contributed by atoms with Crippen molar-refractivity contribution in [3.63, 3.8) is 0 Å². The Balaban J connectivity index is 2.37. The normalized spacial score (nSPS) is 20.8. The van der Waals surface area contributed by atoms with E-state index in [9.17, 15) is 9.90 Å². The van der Waals surface area contributed by atoms with Gasteiger partial charge in [-0.1, -0.05) is 17.7 Å². The number of benzene rings is 1. The molecule has 1 saturated heterocycles. The van der Waals surface area contributed by atoms with E-state index in [4.69, 9.17) is 0 Å². The third-order valence-corrected chi connectivity index (χ3v) is 3.30. The molecule has 17 heavy (non-hydrogen) atoms. The number of amides is 1. The Morgan fingerprint density at radius 3 is 2.35 bits per heavy atom. The summed E-state index contributed by atoms with van der Waals surface area (Å²) in [7, 11) is 0. The fourth-order valence-corrected chi connectivity index (χ4v) is 2.65. The number of aliphatic hydroxyl groups is 1. The number of aryl methyl sites for hydroxylation is 3. The molecule has 1 aliphatic rings. The lowest BCUT2D eigenvalue weighted by atomic mass is 10.0. The number of piperidine rings is 1. The zero-order chi connectivity index (χ0) is 12.6. The molecule has 1 aromatic rings. The van der Waals surface area contributed by atoms with Crippen LogP contribution in [-0.4, -0.2) is 23.7 Å². The Morgan fingerprint density at radius 1 is 1.24 bits per heavy atom. The predicted octanol–water partition coefficient (Wildman–Crippen LogP) is 2.10. The highest BCUT2D eigenvalue weighted by molar-refractivity contribution is 5.96. The highest BCUT2D eigenvalue weighted by Crippen LogP contribution is 2.29. The molecule has 3 heteroatoms. The van der Waals surface area contributed by atoms with E-state index >= 15 is 0 Å². The molecule has 0 bridgehead atoms. The molecule has 1 N–H and O–H groups in total. The Hall–Kier alpha value is -1.35. The van der Waals surface area contributed by atoms with E-state index in [0.29, 0.717) is 13.0 Å². The van der Waals surface area contributed by atoms with E-state index in [1.807, 2.05) is 18.7 Å². The van der Waals surface area contributed by atoms with Gasteiger partial charge in [-0.15, -0.1) is 0 Å². The average Bonchev–Trinajstić information content (AvgIpc) is 2.19. The number of nitrogens with zero attached hydrogens (tertiary/aromatic N) is 1. The molecule has 1 amide bonds. The standard InChI is InChI=1S/C14H19NO2/c1-9-6-10(2)14(11(3)7-9)15-5-4-12(16)8-13(15)17/h6-7,12,16H,4-5,8H2,1-3H3. The van der Waals surface area contributed by atoms with Gasteiger partial charge in [-0.05, 0) is 38.3 Å². The Bertz CT molecular complexity index is 431. The highest BCUT2D eigenvalue weighted by Gasteiger charge is 2.27. The Labute approximate surface area is 102 Å². The second-order valence-electron chi connectivity index (χ2n) is 4.94. The van der Waals surface area contributed by atoms with E-state index < -0.39 is 6.10 Å². The molecule has 1 heterocycles. The molecule has 1 fully saturated rings. The van der Waals surface area contributed by atoms with Crippen LogP contribution in [0.2, 0.25) is 0 Å². The van der Waals surface area contributed by atoms with Crippen molar-refractivity contribution in [2.45, 2.75) is 39.7 Å². The van der Waals surface area contributed by atoms with Crippen LogP contribution >= 0.6 is 0 Å². The topological polar surface area (TPSA) is 40.5 Å². The minimum Gasteiger partial charge on any atom is -0.393 e. The van der Waals surface area contributed by atoms with Crippen LogP contribution in [0.1, 0.15) is 29.5 Å². The van der Waals surface area contributed by atoms with Crippen LogP contribution in [-0.2, 0) is 4.79 Å². The number of carbonyl (C=O) groups is 1. The van der Waals surface area contributed by atoms with Crippen molar-refractivity contribution < 1.29 is 9.90 Å². The van der Waals surface area contributed by atoms with Crippen LogP contribution in [0.15, 0.2) is 12.1 Å². The molecular formula is C14H19NO2. The van der Waals surface area contributed by atoms with Crippen molar-refractivity contribution in [2.75, 3.05) is 11.4 Å². The zero-order valence-corrected chi connectivity index (χ0v) is 10.7. The summed E-state index contributed by atoms with van der Waals surface area (Å²) in [5.41, 5.74) is 4.50. The van der Waals surface area contributed by atoms with Gasteiger partial charge in [-0.25, -0.2) is 0 Å². The largest absolute Gasteiger partial charge is 0.393 e. The van der Waals surface area contributed by atoms with Gasteiger partial charge in [0.1, 0.15) is 0 Å². The highest BCUT2D eigenvalue weighted by atomic mass is 16.3. The number of hydrogen-bond acceptors (Lipinski definition) is 2. The monoisotopic (exact) mass is 233 g/mol. The van der Waals surface area contributed by atoms with Gasteiger partial charge in [-0.3, -0.25) is 4.79 Å². The molecule has 0 spiro atoms. The summed E-state index contributed by atoms with van der Waals surface area (Å²) in [6.07, 6.45) is 0.440. The van der Waals surface area contributed by atoms with E-state index in [2.05, 4.69) is 19.1 Å². The molecule has 0 radical (unpaired) electrons. The summed E-state index contributed by atoms with van der Waals surface area (Å²) in [4.78, 5) is 13.8. The first-order valence-electron chi connectivity index (χ1n) is 6.05. The van der Waals surface area contributed by atoms with Gasteiger partial charge in [0.05, 0.1) is 12.5 Å². The first kappa shape index (κ1) is 12.1. The fourth-order valence-electron chi connectivity index (χ4n) is 2.65. The van der Waals surface area contributed by atoms with Crippen LogP contribution in [0.3, 0.4) is 0 Å². The molecule has 0 saturated carbocycles. The maximum atomic E-state index is 12.0. The van der Waals surface area contributed by atoms with E-state index in [-0.39, 0.29) is 12.3 Å². The van der Waals surface area contributed by atoms with Crippen molar-refractivity contribution in [1.29, 1.82) is 0 Å². The van der Waals surface area contributed by atoms with E-state index in [0.717, 1.165) is 16.8 Å². The number of aliphatic hydroxyl groups excluding tert-OH is 1. The van der Waals surface area contributed by atoms with Crippen molar-refractivity contribution in [1.82, 2.24) is 0 Å². The lowest BCUT2D eigenvalue weighted by Gasteiger charge is -2.32.